The van der Waals surface area contributed by atoms with Crippen molar-refractivity contribution in [3.63, 3.8) is 0 Å². The fourth-order valence-electron chi connectivity index (χ4n) is 2.11. The van der Waals surface area contributed by atoms with Crippen molar-refractivity contribution in [1.82, 2.24) is 5.32 Å². The molecule has 0 amide bonds. The van der Waals surface area contributed by atoms with Crippen LogP contribution in [0.1, 0.15) is 46.5 Å². The first kappa shape index (κ1) is 11.6. The van der Waals surface area contributed by atoms with E-state index in [0.717, 1.165) is 5.92 Å². The van der Waals surface area contributed by atoms with Gasteiger partial charge in [0, 0.05) is 6.04 Å². The average molecular weight is 193 g/mol. The predicted octanol–water partition coefficient (Wildman–Crippen LogP) is 2.81. The lowest BCUT2D eigenvalue weighted by Gasteiger charge is -2.30. The number of terminal acetylenes is 1. The van der Waals surface area contributed by atoms with E-state index >= 15 is 0 Å². The third-order valence-corrected chi connectivity index (χ3v) is 3.28. The molecular weight excluding hydrogens is 170 g/mol. The zero-order valence-corrected chi connectivity index (χ0v) is 9.72. The van der Waals surface area contributed by atoms with E-state index in [4.69, 9.17) is 6.42 Å². The summed E-state index contributed by atoms with van der Waals surface area (Å²) in [5.74, 6) is 4.30. The van der Waals surface area contributed by atoms with Gasteiger partial charge >= 0.3 is 0 Å². The van der Waals surface area contributed by atoms with Crippen molar-refractivity contribution >= 4 is 0 Å². The highest BCUT2D eigenvalue weighted by Crippen LogP contribution is 2.24. The van der Waals surface area contributed by atoms with E-state index < -0.39 is 0 Å². The lowest BCUT2D eigenvalue weighted by atomic mass is 9.86. The Morgan fingerprint density at radius 3 is 2.21 bits per heavy atom. The molecule has 0 bridgehead atoms. The van der Waals surface area contributed by atoms with E-state index in [1.807, 2.05) is 0 Å². The lowest BCUT2D eigenvalue weighted by molar-refractivity contribution is 0.284. The second kappa shape index (κ2) is 5.41. The van der Waals surface area contributed by atoms with Gasteiger partial charge in [0.1, 0.15) is 0 Å². The van der Waals surface area contributed by atoms with Crippen molar-refractivity contribution < 1.29 is 0 Å². The fourth-order valence-corrected chi connectivity index (χ4v) is 2.11. The van der Waals surface area contributed by atoms with Gasteiger partial charge in [-0.15, -0.1) is 6.42 Å². The molecule has 0 aliphatic heterocycles. The highest BCUT2D eigenvalue weighted by Gasteiger charge is 2.21. The minimum atomic E-state index is 0.258. The van der Waals surface area contributed by atoms with E-state index in [-0.39, 0.29) is 6.04 Å². The Morgan fingerprint density at radius 2 is 1.79 bits per heavy atom. The van der Waals surface area contributed by atoms with E-state index in [9.17, 15) is 0 Å². The van der Waals surface area contributed by atoms with Crippen molar-refractivity contribution in [1.29, 1.82) is 0 Å². The summed E-state index contributed by atoms with van der Waals surface area (Å²) in [6, 6.07) is 0.919. The van der Waals surface area contributed by atoms with Crippen molar-refractivity contribution in [2.24, 2.45) is 11.8 Å². The van der Waals surface area contributed by atoms with E-state index in [2.05, 4.69) is 32.0 Å². The molecule has 0 spiro atoms. The van der Waals surface area contributed by atoms with Gasteiger partial charge in [0.15, 0.2) is 0 Å². The third-order valence-electron chi connectivity index (χ3n) is 3.28. The van der Waals surface area contributed by atoms with Crippen LogP contribution >= 0.6 is 0 Å². The van der Waals surface area contributed by atoms with Gasteiger partial charge in [-0.1, -0.05) is 26.7 Å². The number of nitrogens with one attached hydrogen (secondary N) is 1. The average Bonchev–Trinajstić information content (AvgIpc) is 2.16. The van der Waals surface area contributed by atoms with Crippen LogP contribution in [-0.2, 0) is 0 Å². The molecule has 1 heteroatoms. The molecule has 1 fully saturated rings. The van der Waals surface area contributed by atoms with E-state index in [1.165, 1.54) is 25.7 Å². The zero-order valence-electron chi connectivity index (χ0n) is 9.72. The van der Waals surface area contributed by atoms with Crippen LogP contribution in [0.15, 0.2) is 0 Å². The quantitative estimate of drug-likeness (QED) is 0.680. The summed E-state index contributed by atoms with van der Waals surface area (Å²) in [6.07, 6.45) is 10.8. The van der Waals surface area contributed by atoms with Gasteiger partial charge in [-0.3, -0.25) is 0 Å². The van der Waals surface area contributed by atoms with Crippen LogP contribution in [0.2, 0.25) is 0 Å². The molecule has 14 heavy (non-hydrogen) atoms. The molecule has 1 unspecified atom stereocenters. The van der Waals surface area contributed by atoms with Crippen LogP contribution in [0.25, 0.3) is 0 Å². The van der Waals surface area contributed by atoms with Crippen LogP contribution in [0.4, 0.5) is 0 Å². The Balaban J connectivity index is 2.33. The van der Waals surface area contributed by atoms with Gasteiger partial charge in [0.2, 0.25) is 0 Å². The molecule has 0 heterocycles. The molecule has 80 valence electrons. The second-order valence-electron chi connectivity index (χ2n) is 5.01. The summed E-state index contributed by atoms with van der Waals surface area (Å²) in [7, 11) is 0. The molecule has 0 radical (unpaired) electrons. The second-order valence-corrected chi connectivity index (χ2v) is 5.01. The van der Waals surface area contributed by atoms with Crippen LogP contribution in [-0.4, -0.2) is 12.1 Å². The SMILES string of the molecule is C#CC(NC1CCC(C)CC1)C(C)C. The van der Waals surface area contributed by atoms with Gasteiger partial charge in [-0.25, -0.2) is 0 Å². The molecule has 1 nitrogen and oxygen atoms in total. The molecule has 1 rings (SSSR count). The first-order valence-corrected chi connectivity index (χ1v) is 5.85. The summed E-state index contributed by atoms with van der Waals surface area (Å²) < 4.78 is 0. The van der Waals surface area contributed by atoms with Crippen molar-refractivity contribution in [2.45, 2.75) is 58.5 Å². The molecule has 1 N–H and O–H groups in total. The van der Waals surface area contributed by atoms with Gasteiger partial charge in [-0.2, -0.15) is 0 Å². The first-order chi connectivity index (χ1) is 6.63. The topological polar surface area (TPSA) is 12.0 Å². The molecule has 1 aliphatic rings. The first-order valence-electron chi connectivity index (χ1n) is 5.85. The van der Waals surface area contributed by atoms with Gasteiger partial charge in [0.25, 0.3) is 0 Å². The predicted molar refractivity (Wildman–Crippen MR) is 62.0 cm³/mol. The Kier molecular flexibility index (Phi) is 4.48. The highest BCUT2D eigenvalue weighted by atomic mass is 14.9. The van der Waals surface area contributed by atoms with Crippen molar-refractivity contribution in [3.05, 3.63) is 0 Å². The van der Waals surface area contributed by atoms with Crippen LogP contribution in [0, 0.1) is 24.2 Å². The summed E-state index contributed by atoms with van der Waals surface area (Å²) >= 11 is 0. The Morgan fingerprint density at radius 1 is 1.21 bits per heavy atom. The maximum Gasteiger partial charge on any atom is 0.0712 e. The molecular formula is C13H23N. The smallest absolute Gasteiger partial charge is 0.0712 e. The van der Waals surface area contributed by atoms with Gasteiger partial charge in [0.05, 0.1) is 6.04 Å². The normalized spacial score (nSPS) is 29.9. The van der Waals surface area contributed by atoms with Gasteiger partial charge < -0.3 is 5.32 Å². The Hall–Kier alpha value is -0.480. The minimum Gasteiger partial charge on any atom is -0.301 e. The number of hydrogen-bond acceptors (Lipinski definition) is 1. The third kappa shape index (κ3) is 3.35. The number of rotatable bonds is 3. The molecule has 0 aromatic rings. The molecule has 0 aromatic heterocycles. The maximum atomic E-state index is 5.51. The highest BCUT2D eigenvalue weighted by molar-refractivity contribution is 5.01. The summed E-state index contributed by atoms with van der Waals surface area (Å²) in [5, 5.41) is 3.59. The van der Waals surface area contributed by atoms with Crippen LogP contribution < -0.4 is 5.32 Å². The standard InChI is InChI=1S/C13H23N/c1-5-13(10(2)3)14-12-8-6-11(4)7-9-12/h1,10-14H,6-9H2,2-4H3. The van der Waals surface area contributed by atoms with Crippen molar-refractivity contribution in [2.75, 3.05) is 0 Å². The zero-order chi connectivity index (χ0) is 10.6. The molecule has 1 aliphatic carbocycles. The van der Waals surface area contributed by atoms with Crippen molar-refractivity contribution in [3.8, 4) is 12.3 Å². The summed E-state index contributed by atoms with van der Waals surface area (Å²) in [6.45, 7) is 6.71. The largest absolute Gasteiger partial charge is 0.301 e. The lowest BCUT2D eigenvalue weighted by Crippen LogP contribution is -2.42. The minimum absolute atomic E-state index is 0.258. The molecule has 0 saturated heterocycles. The Bertz CT molecular complexity index is 194. The number of hydrogen-bond donors (Lipinski definition) is 1. The maximum absolute atomic E-state index is 5.51. The Labute approximate surface area is 88.7 Å². The summed E-state index contributed by atoms with van der Waals surface area (Å²) in [4.78, 5) is 0. The molecule has 1 saturated carbocycles. The van der Waals surface area contributed by atoms with Crippen LogP contribution in [0.3, 0.4) is 0 Å². The molecule has 0 aromatic carbocycles. The van der Waals surface area contributed by atoms with E-state index in [1.54, 1.807) is 0 Å². The van der Waals surface area contributed by atoms with Crippen LogP contribution in [0.5, 0.6) is 0 Å². The van der Waals surface area contributed by atoms with E-state index in [0.29, 0.717) is 12.0 Å². The van der Waals surface area contributed by atoms with Gasteiger partial charge in [-0.05, 0) is 37.5 Å². The monoisotopic (exact) mass is 193 g/mol. The summed E-state index contributed by atoms with van der Waals surface area (Å²) in [5.41, 5.74) is 0. The molecule has 1 atom stereocenters. The fraction of sp³-hybridized carbons (Fsp3) is 0.846.